The summed E-state index contributed by atoms with van der Waals surface area (Å²) in [6.45, 7) is 10.5. The number of esters is 1. The van der Waals surface area contributed by atoms with Crippen molar-refractivity contribution in [2.24, 2.45) is 52.3 Å². The first-order chi connectivity index (χ1) is 17.2. The van der Waals surface area contributed by atoms with Crippen molar-refractivity contribution in [3.8, 4) is 0 Å². The number of carbonyl (C=O) groups is 1. The molecule has 11 atom stereocenters. The van der Waals surface area contributed by atoms with Gasteiger partial charge in [-0.25, -0.2) is 0 Å². The third-order valence-electron chi connectivity index (χ3n) is 11.6. The second-order valence-electron chi connectivity index (χ2n) is 13.0. The SMILES string of the molecule is CC[C@H]1[C@@H](OCOC)[C@@H]2[C@H](CC[C@]3(C)[C@@H]([C@H](C)CC(=O)OC)CC[C@@H]23)[C@@]2(C)CC[C@@H](OCOC)C[C@@H]12. The van der Waals surface area contributed by atoms with Crippen LogP contribution in [-0.2, 0) is 28.5 Å². The van der Waals surface area contributed by atoms with Gasteiger partial charge < -0.3 is 23.7 Å². The Kier molecular flexibility index (Phi) is 9.12. The molecule has 0 aromatic rings. The number of hydrogen-bond donors (Lipinski definition) is 0. The van der Waals surface area contributed by atoms with Crippen molar-refractivity contribution in [1.82, 2.24) is 0 Å². The number of carbonyl (C=O) groups excluding carboxylic acids is 1. The molecule has 0 unspecified atom stereocenters. The lowest BCUT2D eigenvalue weighted by atomic mass is 9.41. The Morgan fingerprint density at radius 3 is 2.22 bits per heavy atom. The molecule has 0 saturated heterocycles. The maximum Gasteiger partial charge on any atom is 0.305 e. The summed E-state index contributed by atoms with van der Waals surface area (Å²) >= 11 is 0. The van der Waals surface area contributed by atoms with Crippen LogP contribution in [0.15, 0.2) is 0 Å². The minimum atomic E-state index is -0.0731. The zero-order valence-electron chi connectivity index (χ0n) is 23.9. The van der Waals surface area contributed by atoms with E-state index < -0.39 is 0 Å². The van der Waals surface area contributed by atoms with Gasteiger partial charge in [0.2, 0.25) is 0 Å². The number of methoxy groups -OCH3 is 3. The van der Waals surface area contributed by atoms with E-state index >= 15 is 0 Å². The molecule has 4 fully saturated rings. The number of fused-ring (bicyclic) bond motifs is 5. The quantitative estimate of drug-likeness (QED) is 0.264. The first-order valence-corrected chi connectivity index (χ1v) is 14.5. The predicted octanol–water partition coefficient (Wildman–Crippen LogP) is 6.07. The van der Waals surface area contributed by atoms with Crippen LogP contribution >= 0.6 is 0 Å². The van der Waals surface area contributed by atoms with Crippen LogP contribution in [0.25, 0.3) is 0 Å². The molecule has 4 saturated carbocycles. The van der Waals surface area contributed by atoms with Gasteiger partial charge in [-0.3, -0.25) is 4.79 Å². The maximum absolute atomic E-state index is 12.1. The number of rotatable bonds is 10. The molecule has 208 valence electrons. The van der Waals surface area contributed by atoms with Crippen LogP contribution in [0.4, 0.5) is 0 Å². The van der Waals surface area contributed by atoms with Gasteiger partial charge in [0.25, 0.3) is 0 Å². The van der Waals surface area contributed by atoms with Gasteiger partial charge in [-0.1, -0.05) is 34.1 Å². The van der Waals surface area contributed by atoms with Crippen LogP contribution in [0.2, 0.25) is 0 Å². The van der Waals surface area contributed by atoms with E-state index in [2.05, 4.69) is 27.7 Å². The van der Waals surface area contributed by atoms with Crippen LogP contribution in [-0.4, -0.2) is 53.1 Å². The lowest BCUT2D eigenvalue weighted by molar-refractivity contribution is -0.239. The van der Waals surface area contributed by atoms with Crippen molar-refractivity contribution in [3.05, 3.63) is 0 Å². The molecule has 0 heterocycles. The fourth-order valence-electron chi connectivity index (χ4n) is 10.1. The summed E-state index contributed by atoms with van der Waals surface area (Å²) in [6.07, 6.45) is 10.6. The topological polar surface area (TPSA) is 63.2 Å². The third kappa shape index (κ3) is 4.89. The van der Waals surface area contributed by atoms with E-state index in [0.29, 0.717) is 66.8 Å². The molecule has 6 nitrogen and oxygen atoms in total. The highest BCUT2D eigenvalue weighted by molar-refractivity contribution is 5.69. The molecule has 0 bridgehead atoms. The Balaban J connectivity index is 1.64. The van der Waals surface area contributed by atoms with Crippen LogP contribution in [0, 0.1) is 52.3 Å². The average Bonchev–Trinajstić information content (AvgIpc) is 3.23. The molecule has 6 heteroatoms. The van der Waals surface area contributed by atoms with Crippen molar-refractivity contribution in [3.63, 3.8) is 0 Å². The zero-order valence-corrected chi connectivity index (χ0v) is 23.9. The fourth-order valence-corrected chi connectivity index (χ4v) is 10.1. The van der Waals surface area contributed by atoms with Gasteiger partial charge in [0.1, 0.15) is 13.6 Å². The maximum atomic E-state index is 12.1. The summed E-state index contributed by atoms with van der Waals surface area (Å²) in [5.41, 5.74) is 0.575. The first kappa shape index (κ1) is 28.3. The lowest BCUT2D eigenvalue weighted by Crippen LogP contribution is -2.63. The molecule has 0 aromatic carbocycles. The molecule has 0 spiro atoms. The van der Waals surface area contributed by atoms with Gasteiger partial charge in [0, 0.05) is 20.6 Å². The molecule has 0 aromatic heterocycles. The Labute approximate surface area is 219 Å². The van der Waals surface area contributed by atoms with Gasteiger partial charge in [-0.05, 0) is 97.2 Å². The van der Waals surface area contributed by atoms with Crippen molar-refractivity contribution in [2.75, 3.05) is 34.9 Å². The molecule has 0 radical (unpaired) electrons. The van der Waals surface area contributed by atoms with Crippen LogP contribution in [0.1, 0.15) is 85.5 Å². The zero-order chi connectivity index (χ0) is 26.1. The highest BCUT2D eigenvalue weighted by Gasteiger charge is 2.65. The molecule has 4 aliphatic rings. The summed E-state index contributed by atoms with van der Waals surface area (Å²) in [5.74, 6) is 3.81. The standard InChI is InChI=1S/C30H52O6/c1-8-21-25-16-20(35-17-32-5)11-13-30(25,4)24-12-14-29(3)22(19(2)15-26(31)34-7)9-10-23(29)27(24)28(21)36-18-33-6/h19-25,27-28H,8-18H2,1-7H3/t19-,20-,21-,22-,23+,24+,25+,27+,28-,29-,30-/m1/s1. The summed E-state index contributed by atoms with van der Waals surface area (Å²) in [5, 5.41) is 0. The Morgan fingerprint density at radius 2 is 1.56 bits per heavy atom. The minimum absolute atomic E-state index is 0.0731. The third-order valence-corrected chi connectivity index (χ3v) is 11.6. The smallest absolute Gasteiger partial charge is 0.305 e. The van der Waals surface area contributed by atoms with Crippen LogP contribution in [0.3, 0.4) is 0 Å². The predicted molar refractivity (Wildman–Crippen MR) is 139 cm³/mol. The monoisotopic (exact) mass is 508 g/mol. The van der Waals surface area contributed by atoms with E-state index in [1.54, 1.807) is 14.2 Å². The largest absolute Gasteiger partial charge is 0.469 e. The second kappa shape index (κ2) is 11.6. The molecule has 4 aliphatic carbocycles. The minimum Gasteiger partial charge on any atom is -0.469 e. The Hall–Kier alpha value is -0.690. The molecular weight excluding hydrogens is 456 g/mol. The summed E-state index contributed by atoms with van der Waals surface area (Å²) in [7, 11) is 4.96. The van der Waals surface area contributed by atoms with Crippen molar-refractivity contribution >= 4 is 5.97 Å². The van der Waals surface area contributed by atoms with E-state index in [1.807, 2.05) is 0 Å². The summed E-state index contributed by atoms with van der Waals surface area (Å²) in [6, 6.07) is 0. The number of hydrogen-bond acceptors (Lipinski definition) is 6. The van der Waals surface area contributed by atoms with Crippen LogP contribution in [0.5, 0.6) is 0 Å². The van der Waals surface area contributed by atoms with E-state index in [9.17, 15) is 4.79 Å². The second-order valence-corrected chi connectivity index (χ2v) is 13.0. The summed E-state index contributed by atoms with van der Waals surface area (Å²) in [4.78, 5) is 12.1. The van der Waals surface area contributed by atoms with Gasteiger partial charge in [-0.2, -0.15) is 0 Å². The van der Waals surface area contributed by atoms with Crippen molar-refractivity contribution < 1.29 is 28.5 Å². The molecule has 4 rings (SSSR count). The fraction of sp³-hybridized carbons (Fsp3) is 0.967. The Bertz CT molecular complexity index is 743. The van der Waals surface area contributed by atoms with Crippen LogP contribution < -0.4 is 0 Å². The average molecular weight is 509 g/mol. The molecule has 0 amide bonds. The van der Waals surface area contributed by atoms with Gasteiger partial charge in [0.05, 0.1) is 19.3 Å². The molecular formula is C30H52O6. The van der Waals surface area contributed by atoms with Gasteiger partial charge in [0.15, 0.2) is 0 Å². The van der Waals surface area contributed by atoms with Gasteiger partial charge in [-0.15, -0.1) is 0 Å². The highest BCUT2D eigenvalue weighted by Crippen LogP contribution is 2.70. The Morgan fingerprint density at radius 1 is 0.889 bits per heavy atom. The molecule has 0 aliphatic heterocycles. The van der Waals surface area contributed by atoms with E-state index in [1.165, 1.54) is 39.2 Å². The molecule has 36 heavy (non-hydrogen) atoms. The van der Waals surface area contributed by atoms with Crippen molar-refractivity contribution in [1.29, 1.82) is 0 Å². The van der Waals surface area contributed by atoms with E-state index in [4.69, 9.17) is 23.7 Å². The highest BCUT2D eigenvalue weighted by atomic mass is 16.7. The summed E-state index contributed by atoms with van der Waals surface area (Å²) < 4.78 is 28.6. The van der Waals surface area contributed by atoms with Crippen molar-refractivity contribution in [2.45, 2.75) is 97.7 Å². The first-order valence-electron chi connectivity index (χ1n) is 14.5. The van der Waals surface area contributed by atoms with Gasteiger partial charge >= 0.3 is 5.97 Å². The molecule has 0 N–H and O–H groups in total. The van der Waals surface area contributed by atoms with E-state index in [0.717, 1.165) is 19.3 Å². The van der Waals surface area contributed by atoms with E-state index in [-0.39, 0.29) is 23.6 Å². The lowest BCUT2D eigenvalue weighted by Gasteiger charge is -2.65. The normalized spacial score (nSPS) is 44.9. The number of ether oxygens (including phenoxy) is 5.